The summed E-state index contributed by atoms with van der Waals surface area (Å²) in [7, 11) is 0. The van der Waals surface area contributed by atoms with Crippen molar-refractivity contribution in [3.8, 4) is 0 Å². The number of nitrogens with one attached hydrogen (secondary N) is 3. The number of ether oxygens (including phenoxy) is 4. The number of carbonyl (C=O) groups excluding carboxylic acids is 1. The molecule has 18 heteroatoms. The molecule has 3 aliphatic heterocycles. The van der Waals surface area contributed by atoms with Gasteiger partial charge in [0, 0.05) is 50.6 Å². The molecule has 3 saturated heterocycles. The predicted molar refractivity (Wildman–Crippen MR) is 150 cm³/mol. The van der Waals surface area contributed by atoms with E-state index in [1.807, 2.05) is 0 Å². The van der Waals surface area contributed by atoms with Crippen LogP contribution in [0.3, 0.4) is 0 Å². The van der Waals surface area contributed by atoms with E-state index in [4.69, 9.17) is 41.9 Å². The Morgan fingerprint density at radius 2 is 1.57 bits per heavy atom. The van der Waals surface area contributed by atoms with Crippen LogP contribution >= 0.6 is 0 Å². The van der Waals surface area contributed by atoms with Gasteiger partial charge in [-0.2, -0.15) is 0 Å². The summed E-state index contributed by atoms with van der Waals surface area (Å²) in [5.41, 5.74) is 22.4. The summed E-state index contributed by atoms with van der Waals surface area (Å²) < 4.78 is 23.9. The lowest BCUT2D eigenvalue weighted by Gasteiger charge is -2.50. The fraction of sp³-hybridized carbons (Fsp3) is 0.962. The molecule has 1 unspecified atom stereocenters. The highest BCUT2D eigenvalue weighted by atomic mass is 16.7. The molecule has 0 radical (unpaired) electrons. The van der Waals surface area contributed by atoms with Gasteiger partial charge in [-0.25, -0.2) is 0 Å². The lowest BCUT2D eigenvalue weighted by atomic mass is 9.75. The van der Waals surface area contributed by atoms with Crippen LogP contribution in [0, 0.1) is 0 Å². The fourth-order valence-corrected chi connectivity index (χ4v) is 6.65. The average Bonchev–Trinajstić information content (AvgIpc) is 2.94. The van der Waals surface area contributed by atoms with E-state index in [-0.39, 0.29) is 44.3 Å². The van der Waals surface area contributed by atoms with Crippen molar-refractivity contribution in [1.29, 1.82) is 0 Å². The third-order valence-electron chi connectivity index (χ3n) is 9.50. The third-order valence-corrected chi connectivity index (χ3v) is 9.50. The van der Waals surface area contributed by atoms with Crippen LogP contribution in [0.2, 0.25) is 0 Å². The zero-order chi connectivity index (χ0) is 31.9. The molecule has 5 aliphatic rings. The van der Waals surface area contributed by atoms with E-state index in [0.717, 1.165) is 13.1 Å². The van der Waals surface area contributed by atoms with E-state index in [1.165, 1.54) is 0 Å². The topological polar surface area (TPSA) is 316 Å². The summed E-state index contributed by atoms with van der Waals surface area (Å²) in [4.78, 5) is 13.1. The first-order valence-electron chi connectivity index (χ1n) is 15.3. The second-order valence-corrected chi connectivity index (χ2v) is 12.9. The van der Waals surface area contributed by atoms with E-state index in [9.17, 15) is 35.4 Å². The van der Waals surface area contributed by atoms with Crippen molar-refractivity contribution >= 4 is 5.91 Å². The number of amides is 1. The first kappa shape index (κ1) is 34.2. The number of hydrogen-bond donors (Lipinski definition) is 13. The standard InChI is InChI=1S/C26H49N7O11/c27-5-15-14(35)2-13(32-10-6-31-7-10)23(41-15)43-21-11(29)1-12(33-25(39)26(40)3-9(28)4-26)22(20(21)38)44-24-19(37)17(30)18(36)16(8-34)42-24/h9-24,31-32,34-38,40H,1-8,27-30H2,(H,33,39)/t9?,11-,12+,13+,14-,15+,16+,17-,18+,19+,20-,21?,22-,23+,24+,26?/m0/s1. The van der Waals surface area contributed by atoms with Crippen LogP contribution in [0.1, 0.15) is 25.7 Å². The summed E-state index contributed by atoms with van der Waals surface area (Å²) in [5.74, 6) is -0.726. The van der Waals surface area contributed by atoms with Gasteiger partial charge in [-0.3, -0.25) is 4.79 Å². The molecule has 0 bridgehead atoms. The number of rotatable bonds is 10. The van der Waals surface area contributed by atoms with Crippen molar-refractivity contribution in [3.05, 3.63) is 0 Å². The maximum atomic E-state index is 13.1. The highest BCUT2D eigenvalue weighted by Crippen LogP contribution is 2.34. The molecular weight excluding hydrogens is 586 g/mol. The van der Waals surface area contributed by atoms with Gasteiger partial charge in [0.05, 0.1) is 36.9 Å². The van der Waals surface area contributed by atoms with Crippen molar-refractivity contribution in [2.75, 3.05) is 26.2 Å². The van der Waals surface area contributed by atoms with Gasteiger partial charge in [-0.15, -0.1) is 0 Å². The molecule has 5 fully saturated rings. The maximum absolute atomic E-state index is 13.1. The average molecular weight is 636 g/mol. The Hall–Kier alpha value is -1.17. The van der Waals surface area contributed by atoms with Crippen molar-refractivity contribution < 1.29 is 54.4 Å². The van der Waals surface area contributed by atoms with E-state index >= 15 is 0 Å². The molecule has 0 aromatic rings. The van der Waals surface area contributed by atoms with Crippen molar-refractivity contribution in [1.82, 2.24) is 16.0 Å². The third kappa shape index (κ3) is 6.91. The minimum atomic E-state index is -1.70. The number of aliphatic hydroxyl groups excluding tert-OH is 5. The lowest BCUT2D eigenvalue weighted by Crippen LogP contribution is -2.71. The Morgan fingerprint density at radius 3 is 2.16 bits per heavy atom. The molecule has 5 rings (SSSR count). The minimum Gasteiger partial charge on any atom is -0.394 e. The predicted octanol–water partition coefficient (Wildman–Crippen LogP) is -7.68. The van der Waals surface area contributed by atoms with Gasteiger partial charge < -0.3 is 88.5 Å². The van der Waals surface area contributed by atoms with Gasteiger partial charge in [0.15, 0.2) is 12.6 Å². The summed E-state index contributed by atoms with van der Waals surface area (Å²) in [6.07, 6.45) is -11.9. The summed E-state index contributed by atoms with van der Waals surface area (Å²) >= 11 is 0. The number of nitrogens with two attached hydrogens (primary N) is 4. The quantitative estimate of drug-likeness (QED) is 0.106. The highest BCUT2D eigenvalue weighted by Gasteiger charge is 2.54. The molecule has 254 valence electrons. The smallest absolute Gasteiger partial charge is 0.252 e. The van der Waals surface area contributed by atoms with Crippen LogP contribution in [-0.2, 0) is 23.7 Å². The molecule has 1 amide bonds. The Bertz CT molecular complexity index is 977. The second-order valence-electron chi connectivity index (χ2n) is 12.9. The second kappa shape index (κ2) is 13.9. The Balaban J connectivity index is 1.36. The molecule has 17 N–H and O–H groups in total. The van der Waals surface area contributed by atoms with Crippen LogP contribution in [0.15, 0.2) is 0 Å². The molecule has 2 aliphatic carbocycles. The number of aliphatic hydroxyl groups is 6. The van der Waals surface area contributed by atoms with Gasteiger partial charge >= 0.3 is 0 Å². The van der Waals surface area contributed by atoms with E-state index in [2.05, 4.69) is 16.0 Å². The summed E-state index contributed by atoms with van der Waals surface area (Å²) in [6, 6.07) is -3.83. The lowest BCUT2D eigenvalue weighted by molar-refractivity contribution is -0.316. The maximum Gasteiger partial charge on any atom is 0.252 e. The highest BCUT2D eigenvalue weighted by molar-refractivity contribution is 5.86. The molecule has 0 aromatic carbocycles. The minimum absolute atomic E-state index is 0.00148. The molecule has 0 spiro atoms. The SMILES string of the molecule is NC[C@H]1O[C@H](OC2[C@@H](N)C[C@@H](NC(=O)C3(O)CC(N)C3)[C@H](O[C@H]3O[C@H](CO)[C@@H](O)[C@H](N)[C@H]3O)[C@H]2O)[C@H](NC2CNC2)C[C@@H]1O. The van der Waals surface area contributed by atoms with Crippen LogP contribution in [0.25, 0.3) is 0 Å². The van der Waals surface area contributed by atoms with Crippen LogP contribution in [0.5, 0.6) is 0 Å². The van der Waals surface area contributed by atoms with Gasteiger partial charge in [-0.1, -0.05) is 0 Å². The monoisotopic (exact) mass is 635 g/mol. The Morgan fingerprint density at radius 1 is 0.909 bits per heavy atom. The van der Waals surface area contributed by atoms with Gasteiger partial charge in [0.2, 0.25) is 0 Å². The van der Waals surface area contributed by atoms with Crippen molar-refractivity contribution in [3.63, 3.8) is 0 Å². The van der Waals surface area contributed by atoms with Gasteiger partial charge in [0.1, 0.15) is 42.2 Å². The molecule has 14 atom stereocenters. The molecular formula is C26H49N7O11. The Labute approximate surface area is 254 Å². The first-order chi connectivity index (χ1) is 20.8. The molecule has 2 saturated carbocycles. The van der Waals surface area contributed by atoms with Crippen LogP contribution in [0.4, 0.5) is 0 Å². The van der Waals surface area contributed by atoms with Crippen molar-refractivity contribution in [2.24, 2.45) is 22.9 Å². The molecule has 3 heterocycles. The first-order valence-corrected chi connectivity index (χ1v) is 15.3. The normalized spacial score (nSPS) is 50.0. The number of carbonyl (C=O) groups is 1. The summed E-state index contributed by atoms with van der Waals surface area (Å²) in [5, 5.41) is 72.9. The number of hydrogen-bond acceptors (Lipinski definition) is 17. The molecule has 0 aromatic heterocycles. The molecule has 18 nitrogen and oxygen atoms in total. The van der Waals surface area contributed by atoms with Gasteiger partial charge in [-0.05, 0) is 12.8 Å². The van der Waals surface area contributed by atoms with Crippen molar-refractivity contribution in [2.45, 2.75) is 129 Å². The van der Waals surface area contributed by atoms with Crippen LogP contribution < -0.4 is 38.9 Å². The molecule has 44 heavy (non-hydrogen) atoms. The zero-order valence-corrected chi connectivity index (χ0v) is 24.4. The van der Waals surface area contributed by atoms with E-state index in [0.29, 0.717) is 0 Å². The largest absolute Gasteiger partial charge is 0.394 e. The van der Waals surface area contributed by atoms with Gasteiger partial charge in [0.25, 0.3) is 5.91 Å². The Kier molecular flexibility index (Phi) is 10.8. The van der Waals surface area contributed by atoms with Crippen LogP contribution in [-0.4, -0.2) is 166 Å². The zero-order valence-electron chi connectivity index (χ0n) is 24.4. The van der Waals surface area contributed by atoms with E-state index < -0.39 is 104 Å². The summed E-state index contributed by atoms with van der Waals surface area (Å²) in [6.45, 7) is 0.834. The fourth-order valence-electron chi connectivity index (χ4n) is 6.65. The van der Waals surface area contributed by atoms with E-state index in [1.54, 1.807) is 0 Å².